The largest absolute Gasteiger partial charge is 0.377 e. The van der Waals surface area contributed by atoms with E-state index in [1.807, 2.05) is 73.8 Å². The Morgan fingerprint density at radius 1 is 1.03 bits per heavy atom. The van der Waals surface area contributed by atoms with Crippen LogP contribution in [0.15, 0.2) is 96.0 Å². The van der Waals surface area contributed by atoms with Gasteiger partial charge in [-0.15, -0.1) is 0 Å². The first-order valence-electron chi connectivity index (χ1n) is 12.6. The summed E-state index contributed by atoms with van der Waals surface area (Å²) >= 11 is 0. The molecule has 0 aliphatic carbocycles. The van der Waals surface area contributed by atoms with Gasteiger partial charge in [0.2, 0.25) is 21.9 Å². The molecule has 0 saturated carbocycles. The van der Waals surface area contributed by atoms with Crippen LogP contribution in [0.1, 0.15) is 18.4 Å². The predicted octanol–water partition coefficient (Wildman–Crippen LogP) is 4.66. The monoisotopic (exact) mass is 530 g/mol. The summed E-state index contributed by atoms with van der Waals surface area (Å²) < 4.78 is 35.8. The highest BCUT2D eigenvalue weighted by molar-refractivity contribution is 7.89. The van der Waals surface area contributed by atoms with E-state index in [1.165, 1.54) is 4.31 Å². The average Bonchev–Trinajstić information content (AvgIpc) is 3.60. The summed E-state index contributed by atoms with van der Waals surface area (Å²) in [4.78, 5) is 18.2. The van der Waals surface area contributed by atoms with Crippen molar-refractivity contribution in [3.8, 4) is 16.9 Å². The minimum Gasteiger partial charge on any atom is -0.377 e. The van der Waals surface area contributed by atoms with E-state index in [1.54, 1.807) is 28.8 Å². The van der Waals surface area contributed by atoms with E-state index in [2.05, 4.69) is 10.3 Å². The Morgan fingerprint density at radius 3 is 2.37 bits per heavy atom. The third-order valence-electron chi connectivity index (χ3n) is 6.47. The molecule has 196 valence electrons. The van der Waals surface area contributed by atoms with E-state index in [0.717, 1.165) is 29.7 Å². The molecule has 1 aromatic heterocycles. The molecular weight excluding hydrogens is 500 g/mol. The summed E-state index contributed by atoms with van der Waals surface area (Å²) in [5, 5.41) is 2.85. The molecule has 1 N–H and O–H groups in total. The fraction of sp³-hybridized carbons (Fsp3) is 0.241. The van der Waals surface area contributed by atoms with E-state index in [-0.39, 0.29) is 24.1 Å². The number of amides is 1. The number of carbonyl (C=O) groups excluding carboxylic acids is 1. The Morgan fingerprint density at radius 2 is 1.71 bits per heavy atom. The molecule has 0 bridgehead atoms. The van der Waals surface area contributed by atoms with E-state index in [9.17, 15) is 13.2 Å². The molecule has 38 heavy (non-hydrogen) atoms. The maximum Gasteiger partial charge on any atom is 0.243 e. The van der Waals surface area contributed by atoms with Gasteiger partial charge in [-0.25, -0.2) is 13.4 Å². The highest BCUT2D eigenvalue weighted by Crippen LogP contribution is 2.25. The Bertz CT molecular complexity index is 1480. The zero-order valence-electron chi connectivity index (χ0n) is 21.2. The summed E-state index contributed by atoms with van der Waals surface area (Å²) in [6.07, 6.45) is 3.22. The molecule has 1 unspecified atom stereocenters. The number of hydrogen-bond donors (Lipinski definition) is 1. The molecule has 9 heteroatoms. The van der Waals surface area contributed by atoms with E-state index >= 15 is 0 Å². The van der Waals surface area contributed by atoms with Gasteiger partial charge in [0.15, 0.2) is 0 Å². The lowest BCUT2D eigenvalue weighted by Gasteiger charge is -2.24. The number of aromatic nitrogens is 2. The molecule has 0 spiro atoms. The molecule has 1 aliphatic heterocycles. The van der Waals surface area contributed by atoms with Crippen molar-refractivity contribution in [2.24, 2.45) is 0 Å². The lowest BCUT2D eigenvalue weighted by Crippen LogP contribution is -2.42. The lowest BCUT2D eigenvalue weighted by atomic mass is 10.2. The summed E-state index contributed by atoms with van der Waals surface area (Å²) in [6, 6.07) is 25.9. The van der Waals surface area contributed by atoms with Crippen LogP contribution in [0.5, 0.6) is 0 Å². The zero-order chi connectivity index (χ0) is 26.5. The number of benzene rings is 3. The van der Waals surface area contributed by atoms with Crippen molar-refractivity contribution in [3.63, 3.8) is 0 Å². The van der Waals surface area contributed by atoms with Crippen LogP contribution in [0.25, 0.3) is 16.9 Å². The van der Waals surface area contributed by atoms with E-state index < -0.39 is 15.9 Å². The van der Waals surface area contributed by atoms with Gasteiger partial charge >= 0.3 is 0 Å². The quantitative estimate of drug-likeness (QED) is 0.340. The van der Waals surface area contributed by atoms with Gasteiger partial charge in [0.05, 0.1) is 23.2 Å². The van der Waals surface area contributed by atoms with Crippen LogP contribution in [-0.2, 0) is 19.6 Å². The first-order valence-corrected chi connectivity index (χ1v) is 14.0. The van der Waals surface area contributed by atoms with Crippen LogP contribution >= 0.6 is 0 Å². The van der Waals surface area contributed by atoms with Crippen LogP contribution < -0.4 is 5.32 Å². The number of anilines is 1. The smallest absolute Gasteiger partial charge is 0.243 e. The first kappa shape index (κ1) is 25.8. The zero-order valence-corrected chi connectivity index (χ0v) is 22.0. The van der Waals surface area contributed by atoms with Crippen LogP contribution in [-0.4, -0.2) is 54.0 Å². The number of ether oxygens (including phenoxy) is 1. The van der Waals surface area contributed by atoms with Crippen LogP contribution in [0.2, 0.25) is 0 Å². The van der Waals surface area contributed by atoms with Gasteiger partial charge in [0, 0.05) is 30.6 Å². The summed E-state index contributed by atoms with van der Waals surface area (Å²) in [7, 11) is -3.93. The third-order valence-corrected chi connectivity index (χ3v) is 8.30. The Balaban J connectivity index is 1.43. The molecule has 1 fully saturated rings. The number of nitrogens with one attached hydrogen (secondary N) is 1. The van der Waals surface area contributed by atoms with Crippen molar-refractivity contribution in [2.45, 2.75) is 30.8 Å². The van der Waals surface area contributed by atoms with Gasteiger partial charge in [-0.1, -0.05) is 66.2 Å². The van der Waals surface area contributed by atoms with Crippen LogP contribution in [0, 0.1) is 6.92 Å². The van der Waals surface area contributed by atoms with Crippen molar-refractivity contribution in [2.75, 3.05) is 25.0 Å². The number of nitrogens with zero attached hydrogens (tertiary/aromatic N) is 3. The van der Waals surface area contributed by atoms with Gasteiger partial charge in [0.1, 0.15) is 0 Å². The minimum absolute atomic E-state index is 0.103. The highest BCUT2D eigenvalue weighted by Gasteiger charge is 2.31. The molecule has 0 radical (unpaired) electrons. The molecule has 3 aromatic carbocycles. The fourth-order valence-corrected chi connectivity index (χ4v) is 5.88. The number of para-hydroxylation sites is 1. The Kier molecular flexibility index (Phi) is 7.69. The van der Waals surface area contributed by atoms with Gasteiger partial charge < -0.3 is 4.74 Å². The number of carbonyl (C=O) groups is 1. The van der Waals surface area contributed by atoms with Crippen molar-refractivity contribution in [1.82, 2.24) is 13.9 Å². The second-order valence-electron chi connectivity index (χ2n) is 9.32. The molecule has 4 aromatic rings. The van der Waals surface area contributed by atoms with Gasteiger partial charge in [-0.05, 0) is 44.0 Å². The van der Waals surface area contributed by atoms with Crippen molar-refractivity contribution >= 4 is 21.9 Å². The normalized spacial score (nSPS) is 15.6. The van der Waals surface area contributed by atoms with E-state index in [4.69, 9.17) is 4.74 Å². The maximum absolute atomic E-state index is 13.6. The van der Waals surface area contributed by atoms with Crippen molar-refractivity contribution in [1.29, 1.82) is 0 Å². The van der Waals surface area contributed by atoms with Crippen molar-refractivity contribution in [3.05, 3.63) is 96.7 Å². The number of hydrogen-bond acceptors (Lipinski definition) is 5. The first-order chi connectivity index (χ1) is 18.4. The number of sulfonamides is 1. The average molecular weight is 531 g/mol. The summed E-state index contributed by atoms with van der Waals surface area (Å²) in [5.74, 6) is -0.175. The number of imidazole rings is 1. The van der Waals surface area contributed by atoms with Gasteiger partial charge in [-0.3, -0.25) is 14.7 Å². The van der Waals surface area contributed by atoms with Gasteiger partial charge in [-0.2, -0.15) is 4.31 Å². The molecular formula is C29H30N4O4S. The summed E-state index contributed by atoms with van der Waals surface area (Å²) in [6.45, 7) is 2.23. The Hall–Kier alpha value is -3.79. The second-order valence-corrected chi connectivity index (χ2v) is 11.3. The minimum atomic E-state index is -3.93. The number of aryl methyl sites for hydroxylation is 1. The molecule has 1 atom stereocenters. The SMILES string of the molecule is Cc1ccc(S(=O)(=O)N(CC(=O)Nc2nc(-c3ccccc3)cn2-c2ccccc2)CC2CCCO2)cc1. The summed E-state index contributed by atoms with van der Waals surface area (Å²) in [5.41, 5.74) is 3.36. The fourth-order valence-electron chi connectivity index (χ4n) is 4.45. The van der Waals surface area contributed by atoms with Crippen molar-refractivity contribution < 1.29 is 17.9 Å². The second kappa shape index (κ2) is 11.3. The standard InChI is InChI=1S/C29H30N4O4S/c1-22-14-16-26(17-15-22)38(35,36)32(19-25-13-8-18-37-25)21-28(34)31-29-30-27(23-9-4-2-5-10-23)20-33(29)24-11-6-3-7-12-24/h2-7,9-12,14-17,20,25H,8,13,18-19,21H2,1H3,(H,30,31,34). The van der Waals surface area contributed by atoms with E-state index in [0.29, 0.717) is 18.2 Å². The maximum atomic E-state index is 13.6. The predicted molar refractivity (Wildman–Crippen MR) is 147 cm³/mol. The lowest BCUT2D eigenvalue weighted by molar-refractivity contribution is -0.116. The van der Waals surface area contributed by atoms with Gasteiger partial charge in [0.25, 0.3) is 0 Å². The number of rotatable bonds is 9. The van der Waals surface area contributed by atoms with Crippen LogP contribution in [0.3, 0.4) is 0 Å². The molecule has 2 heterocycles. The Labute approximate surface area is 223 Å². The third kappa shape index (κ3) is 5.85. The highest BCUT2D eigenvalue weighted by atomic mass is 32.2. The topological polar surface area (TPSA) is 93.5 Å². The van der Waals surface area contributed by atoms with Crippen LogP contribution in [0.4, 0.5) is 5.95 Å². The molecule has 1 saturated heterocycles. The molecule has 5 rings (SSSR count). The molecule has 1 aliphatic rings. The molecule has 1 amide bonds. The molecule has 8 nitrogen and oxygen atoms in total.